The number of anilines is 1. The van der Waals surface area contributed by atoms with Gasteiger partial charge in [0.1, 0.15) is 0 Å². The fourth-order valence-corrected chi connectivity index (χ4v) is 3.28. The first-order valence-corrected chi connectivity index (χ1v) is 9.70. The number of amides is 2. The summed E-state index contributed by atoms with van der Waals surface area (Å²) in [5.41, 5.74) is 7.33. The molecule has 0 radical (unpaired) electrons. The maximum Gasteiger partial charge on any atom is 0.234 e. The Hall–Kier alpha value is -1.24. The average molecular weight is 402 g/mol. The van der Waals surface area contributed by atoms with Gasteiger partial charge in [-0.15, -0.1) is 24.2 Å². The molecule has 0 saturated carbocycles. The Balaban J connectivity index is 0.00000625. The molecule has 1 rings (SSSR count). The molecule has 148 valence electrons. The van der Waals surface area contributed by atoms with E-state index in [-0.39, 0.29) is 35.2 Å². The van der Waals surface area contributed by atoms with Crippen LogP contribution < -0.4 is 16.4 Å². The quantitative estimate of drug-likeness (QED) is 0.592. The van der Waals surface area contributed by atoms with Crippen LogP contribution in [0.2, 0.25) is 0 Å². The molecule has 4 N–H and O–H groups in total. The Labute approximate surface area is 167 Å². The van der Waals surface area contributed by atoms with Gasteiger partial charge < -0.3 is 16.4 Å². The highest BCUT2D eigenvalue weighted by Gasteiger charge is 2.28. The number of halogens is 1. The number of carbonyl (C=O) groups is 2. The molecule has 0 aliphatic heterocycles. The SMILES string of the molecule is Cc1ccc(NC(=O)CSC(C)C(=O)NC(C)(CN)CC(C)C)cc1.Cl. The topological polar surface area (TPSA) is 84.2 Å². The molecule has 0 spiro atoms. The number of nitrogens with two attached hydrogens (primary N) is 1. The van der Waals surface area contributed by atoms with E-state index in [1.54, 1.807) is 0 Å². The molecular formula is C19H32ClN3O2S. The van der Waals surface area contributed by atoms with E-state index in [0.29, 0.717) is 12.5 Å². The van der Waals surface area contributed by atoms with Crippen molar-refractivity contribution in [1.82, 2.24) is 5.32 Å². The van der Waals surface area contributed by atoms with E-state index in [1.165, 1.54) is 11.8 Å². The zero-order valence-corrected chi connectivity index (χ0v) is 17.9. The maximum absolute atomic E-state index is 12.4. The van der Waals surface area contributed by atoms with Gasteiger partial charge in [-0.2, -0.15) is 0 Å². The summed E-state index contributed by atoms with van der Waals surface area (Å²) >= 11 is 1.32. The van der Waals surface area contributed by atoms with E-state index in [0.717, 1.165) is 17.7 Å². The number of aryl methyl sites for hydroxylation is 1. The number of rotatable bonds is 9. The number of hydrogen-bond acceptors (Lipinski definition) is 4. The molecule has 0 fully saturated rings. The van der Waals surface area contributed by atoms with Gasteiger partial charge in [-0.05, 0) is 45.2 Å². The molecule has 0 saturated heterocycles. The van der Waals surface area contributed by atoms with Crippen LogP contribution in [0.25, 0.3) is 0 Å². The van der Waals surface area contributed by atoms with Gasteiger partial charge in [-0.1, -0.05) is 31.5 Å². The van der Waals surface area contributed by atoms with Crippen LogP contribution in [0.3, 0.4) is 0 Å². The Morgan fingerprint density at radius 3 is 2.27 bits per heavy atom. The molecule has 0 heterocycles. The van der Waals surface area contributed by atoms with Crippen molar-refractivity contribution >= 4 is 41.7 Å². The van der Waals surface area contributed by atoms with Gasteiger partial charge in [0, 0.05) is 17.8 Å². The van der Waals surface area contributed by atoms with E-state index >= 15 is 0 Å². The normalized spacial score (nSPS) is 14.1. The van der Waals surface area contributed by atoms with Gasteiger partial charge in [0.25, 0.3) is 0 Å². The van der Waals surface area contributed by atoms with Crippen LogP contribution in [0.15, 0.2) is 24.3 Å². The minimum atomic E-state index is -0.412. The number of benzene rings is 1. The third-order valence-corrected chi connectivity index (χ3v) is 5.05. The largest absolute Gasteiger partial charge is 0.349 e. The summed E-state index contributed by atoms with van der Waals surface area (Å²) in [5, 5.41) is 5.56. The van der Waals surface area contributed by atoms with Crippen molar-refractivity contribution in [3.05, 3.63) is 29.8 Å². The van der Waals surface area contributed by atoms with Crippen LogP contribution in [0, 0.1) is 12.8 Å². The fraction of sp³-hybridized carbons (Fsp3) is 0.579. The highest BCUT2D eigenvalue weighted by Crippen LogP contribution is 2.18. The molecule has 2 atom stereocenters. The fourth-order valence-electron chi connectivity index (χ4n) is 2.60. The molecule has 1 aromatic carbocycles. The molecule has 0 aliphatic carbocycles. The molecule has 0 aromatic heterocycles. The maximum atomic E-state index is 12.4. The predicted molar refractivity (Wildman–Crippen MR) is 114 cm³/mol. The van der Waals surface area contributed by atoms with E-state index in [1.807, 2.05) is 45.0 Å². The molecule has 5 nitrogen and oxygen atoms in total. The second-order valence-electron chi connectivity index (χ2n) is 7.22. The lowest BCUT2D eigenvalue weighted by molar-refractivity contribution is -0.122. The standard InChI is InChI=1S/C19H31N3O2S.ClH/c1-13(2)10-19(5,12-20)22-18(24)15(4)25-11-17(23)21-16-8-6-14(3)7-9-16;/h6-9,13,15H,10-12,20H2,1-5H3,(H,21,23)(H,22,24);1H. The summed E-state index contributed by atoms with van der Waals surface area (Å²) in [5.74, 6) is 0.475. The highest BCUT2D eigenvalue weighted by atomic mass is 35.5. The van der Waals surface area contributed by atoms with Gasteiger partial charge in [0.2, 0.25) is 11.8 Å². The van der Waals surface area contributed by atoms with Gasteiger partial charge in [-0.25, -0.2) is 0 Å². The monoisotopic (exact) mass is 401 g/mol. The summed E-state index contributed by atoms with van der Waals surface area (Å²) < 4.78 is 0. The van der Waals surface area contributed by atoms with Crippen LogP contribution in [0.5, 0.6) is 0 Å². The Morgan fingerprint density at radius 1 is 1.19 bits per heavy atom. The van der Waals surface area contributed by atoms with Crippen LogP contribution >= 0.6 is 24.2 Å². The summed E-state index contributed by atoms with van der Waals surface area (Å²) in [6.07, 6.45) is 0.820. The van der Waals surface area contributed by atoms with E-state index in [2.05, 4.69) is 24.5 Å². The van der Waals surface area contributed by atoms with Gasteiger partial charge >= 0.3 is 0 Å². The van der Waals surface area contributed by atoms with Crippen LogP contribution in [-0.2, 0) is 9.59 Å². The minimum absolute atomic E-state index is 0. The smallest absolute Gasteiger partial charge is 0.234 e. The van der Waals surface area contributed by atoms with Crippen molar-refractivity contribution in [3.8, 4) is 0 Å². The van der Waals surface area contributed by atoms with E-state index < -0.39 is 5.54 Å². The molecule has 2 amide bonds. The first-order valence-electron chi connectivity index (χ1n) is 8.65. The number of carbonyl (C=O) groups excluding carboxylic acids is 2. The Morgan fingerprint density at radius 2 is 1.77 bits per heavy atom. The van der Waals surface area contributed by atoms with Gasteiger partial charge in [0.05, 0.1) is 11.0 Å². The lowest BCUT2D eigenvalue weighted by Gasteiger charge is -2.32. The van der Waals surface area contributed by atoms with Crippen molar-refractivity contribution < 1.29 is 9.59 Å². The molecule has 1 aromatic rings. The van der Waals surface area contributed by atoms with E-state index in [9.17, 15) is 9.59 Å². The predicted octanol–water partition coefficient (Wildman–Crippen LogP) is 3.36. The van der Waals surface area contributed by atoms with Gasteiger partial charge in [-0.3, -0.25) is 9.59 Å². The third kappa shape index (κ3) is 8.92. The number of thioether (sulfide) groups is 1. The van der Waals surface area contributed by atoms with Crippen molar-refractivity contribution in [2.75, 3.05) is 17.6 Å². The minimum Gasteiger partial charge on any atom is -0.349 e. The Bertz CT molecular complexity index is 581. The van der Waals surface area contributed by atoms with Gasteiger partial charge in [0.15, 0.2) is 0 Å². The molecule has 2 unspecified atom stereocenters. The first-order chi connectivity index (χ1) is 11.6. The zero-order valence-electron chi connectivity index (χ0n) is 16.3. The average Bonchev–Trinajstić information content (AvgIpc) is 2.53. The summed E-state index contributed by atoms with van der Waals surface area (Å²) in [4.78, 5) is 24.4. The third-order valence-electron chi connectivity index (χ3n) is 3.90. The van der Waals surface area contributed by atoms with Crippen LogP contribution in [0.4, 0.5) is 5.69 Å². The summed E-state index contributed by atoms with van der Waals surface area (Å²) in [7, 11) is 0. The molecule has 26 heavy (non-hydrogen) atoms. The molecule has 0 bridgehead atoms. The van der Waals surface area contributed by atoms with Crippen molar-refractivity contribution in [3.63, 3.8) is 0 Å². The summed E-state index contributed by atoms with van der Waals surface area (Å²) in [6, 6.07) is 7.63. The molecule has 0 aliphatic rings. The van der Waals surface area contributed by atoms with Crippen molar-refractivity contribution in [2.24, 2.45) is 11.7 Å². The molecular weight excluding hydrogens is 370 g/mol. The first kappa shape index (κ1) is 24.8. The summed E-state index contributed by atoms with van der Waals surface area (Å²) in [6.45, 7) is 10.4. The lowest BCUT2D eigenvalue weighted by Crippen LogP contribution is -2.54. The highest BCUT2D eigenvalue weighted by molar-refractivity contribution is 8.01. The zero-order chi connectivity index (χ0) is 19.0. The van der Waals surface area contributed by atoms with Crippen molar-refractivity contribution in [1.29, 1.82) is 0 Å². The van der Waals surface area contributed by atoms with Crippen LogP contribution in [-0.4, -0.2) is 34.9 Å². The number of nitrogens with one attached hydrogen (secondary N) is 2. The second-order valence-corrected chi connectivity index (χ2v) is 8.55. The lowest BCUT2D eigenvalue weighted by atomic mass is 9.90. The Kier molecular flexibility index (Phi) is 10.9. The van der Waals surface area contributed by atoms with Crippen molar-refractivity contribution in [2.45, 2.75) is 51.8 Å². The second kappa shape index (κ2) is 11.5. The van der Waals surface area contributed by atoms with E-state index in [4.69, 9.17) is 5.73 Å². The van der Waals surface area contributed by atoms with Crippen LogP contribution in [0.1, 0.15) is 39.7 Å². The molecule has 7 heteroatoms. The number of hydrogen-bond donors (Lipinski definition) is 3.